The molecule has 268 valence electrons. The molecule has 3 amide bonds. The first-order chi connectivity index (χ1) is 23.9. The molecule has 0 aromatic heterocycles. The van der Waals surface area contributed by atoms with Gasteiger partial charge < -0.3 is 39.2 Å². The summed E-state index contributed by atoms with van der Waals surface area (Å²) in [6.07, 6.45) is 0.975. The van der Waals surface area contributed by atoms with Gasteiger partial charge in [0.05, 0.1) is 27.4 Å². The van der Waals surface area contributed by atoms with Crippen molar-refractivity contribution >= 4 is 52.8 Å². The number of rotatable bonds is 10. The maximum absolute atomic E-state index is 14.3. The minimum atomic E-state index is -2.02. The molecule has 2 N–H and O–H groups in total. The van der Waals surface area contributed by atoms with Crippen LogP contribution in [0, 0.1) is 5.92 Å². The fraction of sp³-hybridized carbons (Fsp3) is 0.457. The lowest BCUT2D eigenvalue weighted by Gasteiger charge is -2.38. The van der Waals surface area contributed by atoms with Gasteiger partial charge in [-0.3, -0.25) is 19.2 Å². The van der Waals surface area contributed by atoms with Gasteiger partial charge >= 0.3 is 6.09 Å². The Labute approximate surface area is 299 Å². The molecule has 13 nitrogen and oxygen atoms in total. The zero-order valence-electron chi connectivity index (χ0n) is 28.5. The molecule has 3 atom stereocenters. The van der Waals surface area contributed by atoms with Gasteiger partial charge in [0.25, 0.3) is 0 Å². The molecule has 0 radical (unpaired) electrons. The standard InChI is InChI=1S/C35H40ClN3O10S/c1-6-48-34(45)39-13-11-38(12-14-39)27(42)18-37-26(41)16-22(20-7-9-21(50-5)10-8-20)28-23(40)15-19(2)35(32(28)43)33(44)29-24(46-3)17-25(47-4)30(36)31(29)49-35/h7-10,17,19,22,43H,6,11-16,18H2,1-5H3,(H,37,41). The van der Waals surface area contributed by atoms with E-state index >= 15 is 0 Å². The number of methoxy groups -OCH3 is 2. The van der Waals surface area contributed by atoms with E-state index in [1.807, 2.05) is 18.4 Å². The number of carbonyl (C=O) groups excluding carboxylic acids is 5. The van der Waals surface area contributed by atoms with Crippen molar-refractivity contribution in [1.82, 2.24) is 15.1 Å². The second-order valence-corrected chi connectivity index (χ2v) is 13.4. The van der Waals surface area contributed by atoms with E-state index in [1.54, 1.807) is 30.9 Å². The number of ketones is 2. The predicted molar refractivity (Wildman–Crippen MR) is 184 cm³/mol. The molecular formula is C35H40ClN3O10S. The van der Waals surface area contributed by atoms with Gasteiger partial charge in [-0.25, -0.2) is 4.79 Å². The van der Waals surface area contributed by atoms with Crippen LogP contribution in [0.3, 0.4) is 0 Å². The third-order valence-electron chi connectivity index (χ3n) is 9.36. The second-order valence-electron chi connectivity index (χ2n) is 12.1. The van der Waals surface area contributed by atoms with Crippen LogP contribution >= 0.6 is 23.4 Å². The van der Waals surface area contributed by atoms with Crippen LogP contribution in [0.2, 0.25) is 5.02 Å². The molecule has 0 bridgehead atoms. The number of thioether (sulfide) groups is 1. The van der Waals surface area contributed by atoms with E-state index in [4.69, 9.17) is 30.5 Å². The summed E-state index contributed by atoms with van der Waals surface area (Å²) in [5, 5.41) is 14.7. The molecule has 5 rings (SSSR count). The van der Waals surface area contributed by atoms with Crippen molar-refractivity contribution in [2.75, 3.05) is 59.8 Å². The minimum absolute atomic E-state index is 0.00234. The molecule has 2 aromatic rings. The first-order valence-corrected chi connectivity index (χ1v) is 17.8. The lowest BCUT2D eigenvalue weighted by Crippen LogP contribution is -2.53. The molecule has 2 aromatic carbocycles. The average molecular weight is 730 g/mol. The van der Waals surface area contributed by atoms with E-state index < -0.39 is 46.8 Å². The molecule has 1 aliphatic carbocycles. The quantitative estimate of drug-likeness (QED) is 0.334. The van der Waals surface area contributed by atoms with Crippen LogP contribution in [-0.4, -0.2) is 110 Å². The van der Waals surface area contributed by atoms with Gasteiger partial charge in [-0.15, -0.1) is 11.8 Å². The number of carbonyl (C=O) groups is 5. The largest absolute Gasteiger partial charge is 0.507 e. The van der Waals surface area contributed by atoms with Crippen molar-refractivity contribution < 1.29 is 48.0 Å². The monoisotopic (exact) mass is 729 g/mol. The first kappa shape index (κ1) is 36.8. The number of allylic oxidation sites excluding steroid dienone is 1. The van der Waals surface area contributed by atoms with Crippen molar-refractivity contribution in [2.24, 2.45) is 5.92 Å². The van der Waals surface area contributed by atoms with Gasteiger partial charge in [0.2, 0.25) is 23.2 Å². The number of hydrogen-bond donors (Lipinski definition) is 2. The number of aliphatic hydroxyl groups is 1. The first-order valence-electron chi connectivity index (χ1n) is 16.2. The summed E-state index contributed by atoms with van der Waals surface area (Å²) in [4.78, 5) is 70.7. The van der Waals surface area contributed by atoms with E-state index in [0.29, 0.717) is 18.7 Å². The Balaban J connectivity index is 1.44. The highest BCUT2D eigenvalue weighted by molar-refractivity contribution is 7.98. The summed E-state index contributed by atoms with van der Waals surface area (Å²) in [5.41, 5.74) is -1.62. The fourth-order valence-corrected chi connectivity index (χ4v) is 7.33. The van der Waals surface area contributed by atoms with E-state index in [2.05, 4.69) is 5.32 Å². The van der Waals surface area contributed by atoms with Crippen LogP contribution in [0.1, 0.15) is 48.5 Å². The average Bonchev–Trinajstić information content (AvgIpc) is 3.44. The highest BCUT2D eigenvalue weighted by Gasteiger charge is 2.61. The molecule has 0 saturated carbocycles. The number of fused-ring (bicyclic) bond motifs is 1. The van der Waals surface area contributed by atoms with Crippen LogP contribution in [0.25, 0.3) is 0 Å². The van der Waals surface area contributed by atoms with Crippen molar-refractivity contribution in [3.8, 4) is 17.2 Å². The summed E-state index contributed by atoms with van der Waals surface area (Å²) in [6.45, 7) is 4.45. The molecule has 1 spiro atoms. The van der Waals surface area contributed by atoms with E-state index in [0.717, 1.165) is 4.90 Å². The molecule has 3 unspecified atom stereocenters. The van der Waals surface area contributed by atoms with Crippen LogP contribution in [0.15, 0.2) is 46.6 Å². The summed E-state index contributed by atoms with van der Waals surface area (Å²) >= 11 is 8.09. The van der Waals surface area contributed by atoms with Gasteiger partial charge in [0.1, 0.15) is 22.1 Å². The maximum atomic E-state index is 14.3. The van der Waals surface area contributed by atoms with Crippen LogP contribution in [0.5, 0.6) is 17.2 Å². The zero-order chi connectivity index (χ0) is 36.3. The van der Waals surface area contributed by atoms with Gasteiger partial charge in [0, 0.05) is 67.4 Å². The Hall–Kier alpha value is -4.43. The molecule has 50 heavy (non-hydrogen) atoms. The summed E-state index contributed by atoms with van der Waals surface area (Å²) in [7, 11) is 2.77. The Bertz CT molecular complexity index is 1720. The van der Waals surface area contributed by atoms with Crippen molar-refractivity contribution in [2.45, 2.75) is 43.1 Å². The number of halogens is 1. The summed E-state index contributed by atoms with van der Waals surface area (Å²) in [6, 6.07) is 8.62. The molecule has 15 heteroatoms. The number of ether oxygens (including phenoxy) is 4. The molecule has 3 aliphatic rings. The Morgan fingerprint density at radius 2 is 1.72 bits per heavy atom. The number of hydrogen-bond acceptors (Lipinski definition) is 11. The van der Waals surface area contributed by atoms with Gasteiger partial charge in [-0.2, -0.15) is 0 Å². The number of benzene rings is 2. The smallest absolute Gasteiger partial charge is 0.409 e. The number of nitrogens with one attached hydrogen (secondary N) is 1. The minimum Gasteiger partial charge on any atom is -0.507 e. The van der Waals surface area contributed by atoms with Crippen LogP contribution in [-0.2, 0) is 19.1 Å². The molecule has 1 fully saturated rings. The third kappa shape index (κ3) is 6.70. The Morgan fingerprint density at radius 3 is 2.32 bits per heavy atom. The fourth-order valence-electron chi connectivity index (χ4n) is 6.66. The highest BCUT2D eigenvalue weighted by atomic mass is 35.5. The Morgan fingerprint density at radius 1 is 1.08 bits per heavy atom. The zero-order valence-corrected chi connectivity index (χ0v) is 30.1. The summed E-state index contributed by atoms with van der Waals surface area (Å²) < 4.78 is 22.1. The lowest BCUT2D eigenvalue weighted by molar-refractivity contribution is -0.134. The molecule has 2 heterocycles. The van der Waals surface area contributed by atoms with Crippen molar-refractivity contribution in [1.29, 1.82) is 0 Å². The SMILES string of the molecule is CCOC(=O)N1CCN(C(=O)CNC(=O)CC(C2=C(O)C3(Oc4c(Cl)c(OC)cc(OC)c4C3=O)C(C)CC2=O)c2ccc(SC)cc2)CC1. The number of piperazine rings is 1. The third-order valence-corrected chi connectivity index (χ3v) is 10.5. The van der Waals surface area contributed by atoms with Crippen molar-refractivity contribution in [3.63, 3.8) is 0 Å². The number of nitrogens with zero attached hydrogens (tertiary/aromatic N) is 2. The molecular weight excluding hydrogens is 690 g/mol. The molecule has 2 aliphatic heterocycles. The topological polar surface area (TPSA) is 161 Å². The second kappa shape index (κ2) is 15.2. The van der Waals surface area contributed by atoms with E-state index in [-0.39, 0.29) is 78.4 Å². The molecule has 1 saturated heterocycles. The lowest BCUT2D eigenvalue weighted by atomic mass is 9.69. The van der Waals surface area contributed by atoms with Gasteiger partial charge in [-0.05, 0) is 30.9 Å². The predicted octanol–water partition coefficient (Wildman–Crippen LogP) is 4.40. The number of aliphatic hydroxyl groups excluding tert-OH is 1. The number of amides is 3. The normalized spacial score (nSPS) is 20.7. The Kier molecular flexibility index (Phi) is 11.2. The summed E-state index contributed by atoms with van der Waals surface area (Å²) in [5.74, 6) is -4.15. The van der Waals surface area contributed by atoms with Crippen LogP contribution < -0.4 is 19.5 Å². The van der Waals surface area contributed by atoms with Crippen LogP contribution in [0.4, 0.5) is 4.79 Å². The van der Waals surface area contributed by atoms with Gasteiger partial charge in [-0.1, -0.05) is 30.7 Å². The highest BCUT2D eigenvalue weighted by Crippen LogP contribution is 2.55. The number of Topliss-reactive ketones (excluding diaryl/α,β-unsaturated/α-hetero) is 2. The van der Waals surface area contributed by atoms with Gasteiger partial charge in [0.15, 0.2) is 17.3 Å². The van der Waals surface area contributed by atoms with Crippen molar-refractivity contribution in [3.05, 3.63) is 57.8 Å². The maximum Gasteiger partial charge on any atom is 0.409 e. The van der Waals surface area contributed by atoms with E-state index in [9.17, 15) is 29.1 Å². The van der Waals surface area contributed by atoms with E-state index in [1.165, 1.54) is 36.9 Å².